The van der Waals surface area contributed by atoms with Crippen molar-refractivity contribution in [3.8, 4) is 0 Å². The topological polar surface area (TPSA) is 61.4 Å². The number of para-hydroxylation sites is 1. The van der Waals surface area contributed by atoms with Gasteiger partial charge in [0.25, 0.3) is 5.91 Å². The Balaban J connectivity index is 1.94. The second kappa shape index (κ2) is 10.3. The van der Waals surface area contributed by atoms with Crippen molar-refractivity contribution in [3.05, 3.63) is 29.8 Å². The van der Waals surface area contributed by atoms with E-state index in [1.807, 2.05) is 38.1 Å². The van der Waals surface area contributed by atoms with Crippen LogP contribution >= 0.6 is 0 Å². The standard InChI is InChI=1S/C22H35N3O2/c1-5-17(4)21(26)24-18-11-14-25(15-12-18)20-9-7-6-8-19(20)22(27)23-13-10-16(2)3/h6-9,16-18H,5,10-15H2,1-4H3,(H,23,27)(H,24,26)/t17-/m1/s1. The summed E-state index contributed by atoms with van der Waals surface area (Å²) in [6.07, 6.45) is 3.66. The lowest BCUT2D eigenvalue weighted by Gasteiger charge is -2.35. The summed E-state index contributed by atoms with van der Waals surface area (Å²) in [6.45, 7) is 10.7. The summed E-state index contributed by atoms with van der Waals surface area (Å²) < 4.78 is 0. The molecular formula is C22H35N3O2. The number of anilines is 1. The quantitative estimate of drug-likeness (QED) is 0.732. The van der Waals surface area contributed by atoms with Gasteiger partial charge in [0, 0.05) is 37.3 Å². The van der Waals surface area contributed by atoms with E-state index in [0.29, 0.717) is 12.5 Å². The highest BCUT2D eigenvalue weighted by Crippen LogP contribution is 2.24. The summed E-state index contributed by atoms with van der Waals surface area (Å²) in [7, 11) is 0. The van der Waals surface area contributed by atoms with Gasteiger partial charge in [-0.15, -0.1) is 0 Å². The lowest BCUT2D eigenvalue weighted by molar-refractivity contribution is -0.125. The Morgan fingerprint density at radius 1 is 1.15 bits per heavy atom. The molecule has 2 rings (SSSR count). The van der Waals surface area contributed by atoms with Gasteiger partial charge in [0.15, 0.2) is 0 Å². The smallest absolute Gasteiger partial charge is 0.253 e. The molecule has 150 valence electrons. The maximum atomic E-state index is 12.6. The van der Waals surface area contributed by atoms with Crippen LogP contribution in [-0.4, -0.2) is 37.5 Å². The first kappa shape index (κ1) is 21.3. The molecule has 1 aromatic rings. The van der Waals surface area contributed by atoms with Crippen molar-refractivity contribution in [3.63, 3.8) is 0 Å². The number of carbonyl (C=O) groups is 2. The van der Waals surface area contributed by atoms with Crippen molar-refractivity contribution in [2.45, 2.75) is 59.4 Å². The van der Waals surface area contributed by atoms with Gasteiger partial charge in [-0.25, -0.2) is 0 Å². The van der Waals surface area contributed by atoms with E-state index < -0.39 is 0 Å². The average Bonchev–Trinajstić information content (AvgIpc) is 2.67. The fraction of sp³-hybridized carbons (Fsp3) is 0.636. The Labute approximate surface area is 163 Å². The first-order chi connectivity index (χ1) is 12.9. The molecule has 0 saturated carbocycles. The van der Waals surface area contributed by atoms with E-state index in [1.165, 1.54) is 0 Å². The third-order valence-corrected chi connectivity index (χ3v) is 5.40. The molecular weight excluding hydrogens is 338 g/mol. The number of carbonyl (C=O) groups excluding carboxylic acids is 2. The Morgan fingerprint density at radius 3 is 2.44 bits per heavy atom. The lowest BCUT2D eigenvalue weighted by atomic mass is 10.0. The summed E-state index contributed by atoms with van der Waals surface area (Å²) in [5.41, 5.74) is 1.73. The fourth-order valence-electron chi connectivity index (χ4n) is 3.30. The zero-order chi connectivity index (χ0) is 19.8. The molecule has 1 atom stereocenters. The molecule has 0 unspecified atom stereocenters. The minimum absolute atomic E-state index is 0.00144. The largest absolute Gasteiger partial charge is 0.371 e. The van der Waals surface area contributed by atoms with Gasteiger partial charge in [0.2, 0.25) is 5.91 Å². The van der Waals surface area contributed by atoms with E-state index in [1.54, 1.807) is 0 Å². The summed E-state index contributed by atoms with van der Waals surface area (Å²) in [6, 6.07) is 8.05. The molecule has 0 spiro atoms. The highest BCUT2D eigenvalue weighted by Gasteiger charge is 2.24. The fourth-order valence-corrected chi connectivity index (χ4v) is 3.30. The zero-order valence-corrected chi connectivity index (χ0v) is 17.3. The van der Waals surface area contributed by atoms with E-state index in [0.717, 1.165) is 50.0 Å². The van der Waals surface area contributed by atoms with E-state index in [-0.39, 0.29) is 23.8 Å². The van der Waals surface area contributed by atoms with Crippen molar-refractivity contribution in [1.82, 2.24) is 10.6 Å². The van der Waals surface area contributed by atoms with E-state index in [2.05, 4.69) is 29.4 Å². The number of benzene rings is 1. The molecule has 1 aliphatic heterocycles. The minimum atomic E-state index is -0.00144. The van der Waals surface area contributed by atoms with Crippen molar-refractivity contribution in [2.75, 3.05) is 24.5 Å². The van der Waals surface area contributed by atoms with E-state index in [9.17, 15) is 9.59 Å². The lowest BCUT2D eigenvalue weighted by Crippen LogP contribution is -2.46. The summed E-state index contributed by atoms with van der Waals surface area (Å²) in [4.78, 5) is 27.0. The van der Waals surface area contributed by atoms with Crippen LogP contribution in [0.1, 0.15) is 63.7 Å². The first-order valence-electron chi connectivity index (χ1n) is 10.3. The molecule has 2 amide bonds. The van der Waals surface area contributed by atoms with Crippen molar-refractivity contribution in [1.29, 1.82) is 0 Å². The number of piperidine rings is 1. The SMILES string of the molecule is CC[C@@H](C)C(=O)NC1CCN(c2ccccc2C(=O)NCCC(C)C)CC1. The molecule has 5 nitrogen and oxygen atoms in total. The maximum Gasteiger partial charge on any atom is 0.253 e. The van der Waals surface area contributed by atoms with E-state index >= 15 is 0 Å². The van der Waals surface area contributed by atoms with Gasteiger partial charge in [-0.05, 0) is 43.7 Å². The summed E-state index contributed by atoms with van der Waals surface area (Å²) in [5.74, 6) is 0.794. The van der Waals surface area contributed by atoms with Crippen LogP contribution < -0.4 is 15.5 Å². The zero-order valence-electron chi connectivity index (χ0n) is 17.3. The minimum Gasteiger partial charge on any atom is -0.371 e. The van der Waals surface area contributed by atoms with Gasteiger partial charge >= 0.3 is 0 Å². The predicted octanol–water partition coefficient (Wildman–Crippen LogP) is 3.59. The number of nitrogens with one attached hydrogen (secondary N) is 2. The Kier molecular flexibility index (Phi) is 8.14. The van der Waals surface area contributed by atoms with Crippen LogP contribution in [0.4, 0.5) is 5.69 Å². The highest BCUT2D eigenvalue weighted by atomic mass is 16.2. The van der Waals surface area contributed by atoms with Crippen LogP contribution in [0.2, 0.25) is 0 Å². The monoisotopic (exact) mass is 373 g/mol. The van der Waals surface area contributed by atoms with Crippen LogP contribution in [0, 0.1) is 11.8 Å². The first-order valence-corrected chi connectivity index (χ1v) is 10.3. The van der Waals surface area contributed by atoms with Crippen LogP contribution in [0.15, 0.2) is 24.3 Å². The number of amides is 2. The van der Waals surface area contributed by atoms with Crippen LogP contribution in [0.3, 0.4) is 0 Å². The number of hydrogen-bond donors (Lipinski definition) is 2. The highest BCUT2D eigenvalue weighted by molar-refractivity contribution is 5.99. The molecule has 27 heavy (non-hydrogen) atoms. The molecule has 1 heterocycles. The Morgan fingerprint density at radius 2 is 1.81 bits per heavy atom. The van der Waals surface area contributed by atoms with Gasteiger partial charge < -0.3 is 15.5 Å². The average molecular weight is 374 g/mol. The van der Waals surface area contributed by atoms with E-state index in [4.69, 9.17) is 0 Å². The molecule has 0 bridgehead atoms. The van der Waals surface area contributed by atoms with Crippen LogP contribution in [-0.2, 0) is 4.79 Å². The van der Waals surface area contributed by atoms with Gasteiger partial charge in [0.05, 0.1) is 5.56 Å². The Hall–Kier alpha value is -2.04. The van der Waals surface area contributed by atoms with Crippen LogP contribution in [0.25, 0.3) is 0 Å². The molecule has 0 aliphatic carbocycles. The molecule has 1 fully saturated rings. The molecule has 1 aliphatic rings. The second-order valence-corrected chi connectivity index (χ2v) is 8.03. The predicted molar refractivity (Wildman–Crippen MR) is 111 cm³/mol. The van der Waals surface area contributed by atoms with Crippen molar-refractivity contribution >= 4 is 17.5 Å². The van der Waals surface area contributed by atoms with Crippen molar-refractivity contribution in [2.24, 2.45) is 11.8 Å². The van der Waals surface area contributed by atoms with Gasteiger partial charge in [-0.1, -0.05) is 39.8 Å². The normalized spacial score (nSPS) is 16.3. The van der Waals surface area contributed by atoms with Gasteiger partial charge in [-0.3, -0.25) is 9.59 Å². The molecule has 5 heteroatoms. The second-order valence-electron chi connectivity index (χ2n) is 8.03. The summed E-state index contributed by atoms with van der Waals surface area (Å²) >= 11 is 0. The molecule has 0 radical (unpaired) electrons. The number of hydrogen-bond acceptors (Lipinski definition) is 3. The van der Waals surface area contributed by atoms with Crippen molar-refractivity contribution < 1.29 is 9.59 Å². The number of nitrogens with zero attached hydrogens (tertiary/aromatic N) is 1. The summed E-state index contributed by atoms with van der Waals surface area (Å²) in [5, 5.41) is 6.21. The Bertz CT molecular complexity index is 622. The number of rotatable bonds is 8. The van der Waals surface area contributed by atoms with Crippen LogP contribution in [0.5, 0.6) is 0 Å². The van der Waals surface area contributed by atoms with Gasteiger partial charge in [-0.2, -0.15) is 0 Å². The van der Waals surface area contributed by atoms with Gasteiger partial charge in [0.1, 0.15) is 0 Å². The maximum absolute atomic E-state index is 12.6. The molecule has 2 N–H and O–H groups in total. The molecule has 1 aromatic carbocycles. The third kappa shape index (κ3) is 6.26. The molecule has 1 saturated heterocycles. The third-order valence-electron chi connectivity index (χ3n) is 5.40. The molecule has 0 aromatic heterocycles.